The number of ether oxygens (including phenoxy) is 1. The van der Waals surface area contributed by atoms with Gasteiger partial charge >= 0.3 is 0 Å². The first-order valence-electron chi connectivity index (χ1n) is 18.5. The van der Waals surface area contributed by atoms with Gasteiger partial charge in [0.15, 0.2) is 5.82 Å². The van der Waals surface area contributed by atoms with Crippen LogP contribution in [0.2, 0.25) is 0 Å². The number of nitrogen functional groups attached to an aromatic ring is 1. The number of aryl methyl sites for hydroxylation is 4. The Bertz CT molecular complexity index is 1220. The van der Waals surface area contributed by atoms with Crippen molar-refractivity contribution in [2.24, 2.45) is 0 Å². The molecule has 2 aromatic rings. The summed E-state index contributed by atoms with van der Waals surface area (Å²) in [4.78, 5) is 11.5. The van der Waals surface area contributed by atoms with Crippen LogP contribution in [0.5, 0.6) is 0 Å². The van der Waals surface area contributed by atoms with Crippen molar-refractivity contribution in [3.8, 4) is 0 Å². The van der Waals surface area contributed by atoms with Gasteiger partial charge in [-0.2, -0.15) is 0 Å². The van der Waals surface area contributed by atoms with E-state index in [9.17, 15) is 0 Å². The number of hydrogen-bond donors (Lipinski definition) is 2. The molecule has 0 aromatic carbocycles. The molecule has 0 aliphatic carbocycles. The molecule has 7 heteroatoms. The zero-order valence-electron chi connectivity index (χ0n) is 33.9. The number of pyridine rings is 1. The van der Waals surface area contributed by atoms with Gasteiger partial charge in [-0.25, -0.2) is 9.97 Å². The van der Waals surface area contributed by atoms with Crippen LogP contribution in [0.1, 0.15) is 105 Å². The largest absolute Gasteiger partial charge is 0.382 e. The van der Waals surface area contributed by atoms with E-state index in [0.29, 0.717) is 5.82 Å². The van der Waals surface area contributed by atoms with Crippen molar-refractivity contribution in [2.75, 3.05) is 46.1 Å². The van der Waals surface area contributed by atoms with Crippen molar-refractivity contribution in [3.05, 3.63) is 91.0 Å². The normalized spacial score (nSPS) is 11.2. The minimum Gasteiger partial charge on any atom is -0.382 e. The molecule has 2 heterocycles. The molecule has 2 rings (SSSR count). The van der Waals surface area contributed by atoms with E-state index in [1.165, 1.54) is 11.1 Å². The molecule has 280 valence electrons. The summed E-state index contributed by atoms with van der Waals surface area (Å²) in [6, 6.07) is 0. The first-order chi connectivity index (χ1) is 23.5. The average molecular weight is 681 g/mol. The number of allylic oxidation sites excluding steroid dienone is 4. The van der Waals surface area contributed by atoms with Gasteiger partial charge in [-0.15, -0.1) is 6.58 Å². The Labute approximate surface area is 303 Å². The van der Waals surface area contributed by atoms with E-state index in [4.69, 9.17) is 15.5 Å². The maximum atomic E-state index is 6.24. The van der Waals surface area contributed by atoms with Gasteiger partial charge in [0.2, 0.25) is 0 Å². The van der Waals surface area contributed by atoms with E-state index in [0.717, 1.165) is 99.4 Å². The maximum absolute atomic E-state index is 6.24. The van der Waals surface area contributed by atoms with Gasteiger partial charge in [0.05, 0.1) is 18.2 Å². The lowest BCUT2D eigenvalue weighted by Crippen LogP contribution is -2.21. The molecule has 0 saturated carbocycles. The van der Waals surface area contributed by atoms with E-state index in [-0.39, 0.29) is 6.10 Å². The highest BCUT2D eigenvalue weighted by Gasteiger charge is 2.17. The molecule has 0 bridgehead atoms. The first kappa shape index (κ1) is 50.1. The number of nitrogens with zero attached hydrogens (tertiary/aromatic N) is 4. The maximum Gasteiger partial charge on any atom is 0.151 e. The van der Waals surface area contributed by atoms with Crippen LogP contribution in [0.4, 0.5) is 5.82 Å². The molecule has 0 saturated heterocycles. The highest BCUT2D eigenvalue weighted by Crippen LogP contribution is 2.27. The fraction of sp³-hybridized carbons (Fsp3) is 0.571. The van der Waals surface area contributed by atoms with Crippen molar-refractivity contribution < 1.29 is 4.74 Å². The minimum atomic E-state index is 0.0713. The number of anilines is 1. The Morgan fingerprint density at radius 1 is 1.00 bits per heavy atom. The van der Waals surface area contributed by atoms with Gasteiger partial charge in [-0.3, -0.25) is 0 Å². The van der Waals surface area contributed by atoms with Crippen molar-refractivity contribution in [1.29, 1.82) is 0 Å². The molecular weight excluding hydrogens is 605 g/mol. The van der Waals surface area contributed by atoms with E-state index >= 15 is 0 Å². The molecule has 49 heavy (non-hydrogen) atoms. The summed E-state index contributed by atoms with van der Waals surface area (Å²) >= 11 is 0. The van der Waals surface area contributed by atoms with Crippen LogP contribution in [0.25, 0.3) is 11.0 Å². The van der Waals surface area contributed by atoms with Crippen LogP contribution in [0.15, 0.2) is 73.9 Å². The zero-order valence-corrected chi connectivity index (χ0v) is 33.9. The van der Waals surface area contributed by atoms with Crippen LogP contribution in [0, 0.1) is 13.8 Å². The van der Waals surface area contributed by atoms with Crippen molar-refractivity contribution >= 4 is 16.9 Å². The summed E-state index contributed by atoms with van der Waals surface area (Å²) in [5.74, 6) is 1.67. The predicted octanol–water partition coefficient (Wildman–Crippen LogP) is 10.4. The fourth-order valence-electron chi connectivity index (χ4n) is 4.33. The lowest BCUT2D eigenvalue weighted by atomic mass is 10.1. The molecule has 0 spiro atoms. The zero-order chi connectivity index (χ0) is 38.2. The summed E-state index contributed by atoms with van der Waals surface area (Å²) in [7, 11) is 4.11. The van der Waals surface area contributed by atoms with Crippen molar-refractivity contribution in [1.82, 2.24) is 24.8 Å². The standard InChI is InChI=1S/C30H50N6O.C4H8.C4H6.2C2H6/c1-9-11-14-27-34-28-29(23(4)24(5)33-30(28)31)36(27)18-13-12-17-32-21-22(3)15-16-26(10-2)25(6)37-20-19-35(7)8;2*1-3-4-2;2*1-2/h10,15-16,25,32H,3,9,11-14,17-21H2,1-2,4-8H3,(H2,31,33);3H,1,4H2,2H3;3-4H,1-2H2;2*1-2H3/b16-15-,26-10+;;;;. The monoisotopic (exact) mass is 681 g/mol. The average Bonchev–Trinajstić information content (AvgIpc) is 3.48. The Kier molecular flexibility index (Phi) is 34.0. The molecule has 0 amide bonds. The highest BCUT2D eigenvalue weighted by molar-refractivity contribution is 5.88. The summed E-state index contributed by atoms with van der Waals surface area (Å²) in [5, 5.41) is 3.54. The summed E-state index contributed by atoms with van der Waals surface area (Å²) in [6.45, 7) is 39.3. The van der Waals surface area contributed by atoms with Crippen LogP contribution >= 0.6 is 0 Å². The molecule has 3 N–H and O–H groups in total. The van der Waals surface area contributed by atoms with Crippen LogP contribution in [-0.4, -0.2) is 65.9 Å². The number of nitrogens with one attached hydrogen (secondary N) is 1. The van der Waals surface area contributed by atoms with E-state index < -0.39 is 0 Å². The van der Waals surface area contributed by atoms with E-state index in [1.54, 1.807) is 12.2 Å². The van der Waals surface area contributed by atoms with Crippen molar-refractivity contribution in [3.63, 3.8) is 0 Å². The number of nitrogens with two attached hydrogens (primary N) is 1. The molecule has 0 aliphatic heterocycles. The van der Waals surface area contributed by atoms with Gasteiger partial charge in [0.25, 0.3) is 0 Å². The van der Waals surface area contributed by atoms with Crippen LogP contribution in [-0.2, 0) is 17.7 Å². The van der Waals surface area contributed by atoms with Gasteiger partial charge in [-0.1, -0.05) is 104 Å². The third-order valence-corrected chi connectivity index (χ3v) is 7.24. The van der Waals surface area contributed by atoms with Gasteiger partial charge in [0.1, 0.15) is 11.3 Å². The minimum absolute atomic E-state index is 0.0713. The second kappa shape index (κ2) is 33.2. The fourth-order valence-corrected chi connectivity index (χ4v) is 4.33. The third kappa shape index (κ3) is 22.2. The molecule has 2 aromatic heterocycles. The summed E-state index contributed by atoms with van der Waals surface area (Å²) in [5.41, 5.74) is 12.6. The summed E-state index contributed by atoms with van der Waals surface area (Å²) < 4.78 is 8.33. The van der Waals surface area contributed by atoms with Crippen LogP contribution < -0.4 is 11.1 Å². The van der Waals surface area contributed by atoms with Gasteiger partial charge < -0.3 is 25.3 Å². The van der Waals surface area contributed by atoms with E-state index in [2.05, 4.69) is 113 Å². The second-order valence-electron chi connectivity index (χ2n) is 11.3. The number of rotatable bonds is 19. The first-order valence-corrected chi connectivity index (χ1v) is 18.5. The Morgan fingerprint density at radius 2 is 1.61 bits per heavy atom. The molecule has 7 nitrogen and oxygen atoms in total. The van der Waals surface area contributed by atoms with Crippen molar-refractivity contribution in [2.45, 2.75) is 120 Å². The number of hydrogen-bond acceptors (Lipinski definition) is 6. The molecular formula is C42H76N6O. The highest BCUT2D eigenvalue weighted by atomic mass is 16.5. The SMILES string of the molecule is C=C(/C=C\C(=C/C)C(C)OCCN(C)C)CNCCCCn1c(CCCC)nc2c(N)nc(C)c(C)c21.C=CC=C.C=CCC.CC.CC. The van der Waals surface area contributed by atoms with E-state index in [1.807, 2.05) is 40.7 Å². The molecule has 0 radical (unpaired) electrons. The topological polar surface area (TPSA) is 81.2 Å². The molecule has 0 fully saturated rings. The molecule has 0 aliphatic rings. The van der Waals surface area contributed by atoms with Gasteiger partial charge in [0, 0.05) is 31.7 Å². The second-order valence-corrected chi connectivity index (χ2v) is 11.3. The summed E-state index contributed by atoms with van der Waals surface area (Å²) in [6.07, 6.45) is 18.0. The number of fused-ring (bicyclic) bond motifs is 1. The molecule has 1 atom stereocenters. The quantitative estimate of drug-likeness (QED) is 0.0873. The Balaban J connectivity index is -0.00000154. The number of likely N-dealkylation sites (N-methyl/N-ethyl adjacent to an activating group) is 1. The third-order valence-electron chi connectivity index (χ3n) is 7.24. The predicted molar refractivity (Wildman–Crippen MR) is 222 cm³/mol. The van der Waals surface area contributed by atoms with Crippen LogP contribution in [0.3, 0.4) is 0 Å². The lowest BCUT2D eigenvalue weighted by Gasteiger charge is -2.16. The number of imidazole rings is 1. The molecule has 1 unspecified atom stereocenters. The smallest absolute Gasteiger partial charge is 0.151 e. The Hall–Kier alpha value is -3.26. The lowest BCUT2D eigenvalue weighted by molar-refractivity contribution is 0.0797. The van der Waals surface area contributed by atoms with Gasteiger partial charge in [-0.05, 0) is 90.7 Å². The Morgan fingerprint density at radius 3 is 2.12 bits per heavy atom. The number of unbranched alkanes of at least 4 members (excludes halogenated alkanes) is 2. The number of aromatic nitrogens is 3.